The third kappa shape index (κ3) is 0.838. The fourth-order valence-corrected chi connectivity index (χ4v) is 2.40. The summed E-state index contributed by atoms with van der Waals surface area (Å²) < 4.78 is 0. The van der Waals surface area contributed by atoms with Crippen LogP contribution in [0, 0.1) is 5.92 Å². The molecule has 0 aromatic rings. The Morgan fingerprint density at radius 2 is 2.50 bits per heavy atom. The summed E-state index contributed by atoms with van der Waals surface area (Å²) in [5.74, 6) is 1.06. The van der Waals surface area contributed by atoms with E-state index in [1.54, 1.807) is 0 Å². The second-order valence-electron chi connectivity index (χ2n) is 2.10. The highest BCUT2D eigenvalue weighted by Crippen LogP contribution is 2.18. The van der Waals surface area contributed by atoms with Crippen molar-refractivity contribution in [3.63, 3.8) is 0 Å². The van der Waals surface area contributed by atoms with Crippen LogP contribution < -0.4 is 0 Å². The zero-order valence-corrected chi connectivity index (χ0v) is 5.20. The molecule has 1 rings (SSSR count). The summed E-state index contributed by atoms with van der Waals surface area (Å²) in [6, 6.07) is 3.03. The van der Waals surface area contributed by atoms with Gasteiger partial charge < -0.3 is 0 Å². The van der Waals surface area contributed by atoms with Gasteiger partial charge >= 0.3 is 0 Å². The first-order chi connectivity index (χ1) is 2.89. The molecule has 0 aromatic heterocycles. The molecule has 0 aromatic carbocycles. The summed E-state index contributed by atoms with van der Waals surface area (Å²) in [5.41, 5.74) is 0. The zero-order chi connectivity index (χ0) is 4.41. The van der Waals surface area contributed by atoms with E-state index < -0.39 is 0 Å². The van der Waals surface area contributed by atoms with Crippen molar-refractivity contribution in [3.8, 4) is 0 Å². The predicted octanol–water partition coefficient (Wildman–Crippen LogP) is 1.57. The molecule has 1 heterocycles. The lowest BCUT2D eigenvalue weighted by Crippen LogP contribution is -1.80. The summed E-state index contributed by atoms with van der Waals surface area (Å²) in [6.07, 6.45) is 1.50. The molecule has 0 saturated carbocycles. The first-order valence-electron chi connectivity index (χ1n) is 2.60. The molecule has 0 aliphatic carbocycles. The van der Waals surface area contributed by atoms with Gasteiger partial charge in [-0.05, 0) is 5.92 Å². The minimum atomic E-state index is 1.06. The normalized spacial score (nSPS) is 34.5. The first-order valence-corrected chi connectivity index (χ1v) is 4.02. The molecule has 1 unspecified atom stereocenters. The summed E-state index contributed by atoms with van der Waals surface area (Å²) in [4.78, 5) is 0. The van der Waals surface area contributed by atoms with E-state index in [4.69, 9.17) is 0 Å². The topological polar surface area (TPSA) is 0 Å². The molecule has 1 saturated heterocycles. The summed E-state index contributed by atoms with van der Waals surface area (Å²) in [7, 11) is 1.29. The van der Waals surface area contributed by atoms with Crippen LogP contribution in [0.2, 0.25) is 12.1 Å². The van der Waals surface area contributed by atoms with Crippen LogP contribution in [0.25, 0.3) is 0 Å². The zero-order valence-electron chi connectivity index (χ0n) is 4.20. The molecule has 1 aliphatic rings. The Bertz CT molecular complexity index is 37.2. The third-order valence-electron chi connectivity index (χ3n) is 1.31. The van der Waals surface area contributed by atoms with Crippen LogP contribution in [0.5, 0.6) is 0 Å². The minimum Gasteiger partial charge on any atom is -0.0628 e. The summed E-state index contributed by atoms with van der Waals surface area (Å²) >= 11 is 0. The Kier molecular flexibility index (Phi) is 1.30. The largest absolute Gasteiger partial charge is 0.0628 e. The van der Waals surface area contributed by atoms with E-state index in [1.165, 1.54) is 28.0 Å². The van der Waals surface area contributed by atoms with E-state index in [0.29, 0.717) is 0 Å². The van der Waals surface area contributed by atoms with Crippen molar-refractivity contribution >= 4 is 9.52 Å². The SMILES string of the molecule is CC1CC[Si]C1. The molecule has 1 fully saturated rings. The maximum Gasteiger partial charge on any atom is 0.0380 e. The van der Waals surface area contributed by atoms with Gasteiger partial charge in [0.2, 0.25) is 0 Å². The summed E-state index contributed by atoms with van der Waals surface area (Å²) in [6.45, 7) is 2.35. The lowest BCUT2D eigenvalue weighted by Gasteiger charge is -1.91. The van der Waals surface area contributed by atoms with Crippen LogP contribution in [0.3, 0.4) is 0 Å². The molecule has 1 aliphatic heterocycles. The fourth-order valence-electron chi connectivity index (χ4n) is 0.799. The molecule has 2 radical (unpaired) electrons. The molecule has 0 spiro atoms. The standard InChI is InChI=1S/C5H10Si/c1-5-2-3-6-4-5/h5H,2-4H2,1H3. The number of rotatable bonds is 0. The third-order valence-corrected chi connectivity index (χ3v) is 2.93. The lowest BCUT2D eigenvalue weighted by atomic mass is 10.2. The van der Waals surface area contributed by atoms with E-state index in [9.17, 15) is 0 Å². The second-order valence-corrected chi connectivity index (χ2v) is 3.51. The van der Waals surface area contributed by atoms with E-state index in [0.717, 1.165) is 5.92 Å². The molecule has 34 valence electrons. The van der Waals surface area contributed by atoms with Crippen molar-refractivity contribution in [1.82, 2.24) is 0 Å². The molecule has 1 atom stereocenters. The van der Waals surface area contributed by atoms with Crippen LogP contribution in [0.4, 0.5) is 0 Å². The molecule has 0 nitrogen and oxygen atoms in total. The van der Waals surface area contributed by atoms with Gasteiger partial charge in [0.1, 0.15) is 0 Å². The van der Waals surface area contributed by atoms with Gasteiger partial charge in [-0.3, -0.25) is 0 Å². The monoisotopic (exact) mass is 98.1 g/mol. The van der Waals surface area contributed by atoms with E-state index in [1.807, 2.05) is 0 Å². The maximum absolute atomic E-state index is 2.35. The second kappa shape index (κ2) is 1.78. The Balaban J connectivity index is 2.18. The van der Waals surface area contributed by atoms with Crippen molar-refractivity contribution in [2.45, 2.75) is 25.4 Å². The van der Waals surface area contributed by atoms with E-state index >= 15 is 0 Å². The Labute approximate surface area is 41.8 Å². The van der Waals surface area contributed by atoms with Crippen LogP contribution in [0.1, 0.15) is 13.3 Å². The van der Waals surface area contributed by atoms with Crippen LogP contribution in [-0.4, -0.2) is 9.52 Å². The molecule has 1 heteroatoms. The lowest BCUT2D eigenvalue weighted by molar-refractivity contribution is 0.658. The highest BCUT2D eigenvalue weighted by Gasteiger charge is 2.08. The number of hydrogen-bond acceptors (Lipinski definition) is 0. The molecule has 0 amide bonds. The van der Waals surface area contributed by atoms with Crippen LogP contribution in [0.15, 0.2) is 0 Å². The van der Waals surface area contributed by atoms with E-state index in [-0.39, 0.29) is 0 Å². The molecular weight excluding hydrogens is 88.1 g/mol. The van der Waals surface area contributed by atoms with E-state index in [2.05, 4.69) is 6.92 Å². The Morgan fingerprint density at radius 1 is 1.67 bits per heavy atom. The van der Waals surface area contributed by atoms with Gasteiger partial charge in [0, 0.05) is 9.52 Å². The number of hydrogen-bond donors (Lipinski definition) is 0. The van der Waals surface area contributed by atoms with Gasteiger partial charge in [-0.15, -0.1) is 0 Å². The first kappa shape index (κ1) is 4.38. The predicted molar refractivity (Wildman–Crippen MR) is 29.1 cm³/mol. The van der Waals surface area contributed by atoms with Gasteiger partial charge in [-0.25, -0.2) is 0 Å². The van der Waals surface area contributed by atoms with Gasteiger partial charge in [0.05, 0.1) is 0 Å². The van der Waals surface area contributed by atoms with Gasteiger partial charge in [0.25, 0.3) is 0 Å². The maximum atomic E-state index is 2.35. The average Bonchev–Trinajstić information content (AvgIpc) is 1.86. The van der Waals surface area contributed by atoms with Crippen molar-refractivity contribution in [2.75, 3.05) is 0 Å². The van der Waals surface area contributed by atoms with Gasteiger partial charge in [-0.1, -0.05) is 25.4 Å². The van der Waals surface area contributed by atoms with Crippen molar-refractivity contribution < 1.29 is 0 Å². The highest BCUT2D eigenvalue weighted by molar-refractivity contribution is 6.36. The quantitative estimate of drug-likeness (QED) is 0.403. The van der Waals surface area contributed by atoms with Crippen molar-refractivity contribution in [3.05, 3.63) is 0 Å². The Hall–Kier alpha value is 0.217. The van der Waals surface area contributed by atoms with Crippen LogP contribution in [-0.2, 0) is 0 Å². The van der Waals surface area contributed by atoms with Crippen LogP contribution >= 0.6 is 0 Å². The smallest absolute Gasteiger partial charge is 0.0380 e. The molecule has 0 bridgehead atoms. The average molecular weight is 98.2 g/mol. The molecule has 6 heavy (non-hydrogen) atoms. The van der Waals surface area contributed by atoms with Gasteiger partial charge in [-0.2, -0.15) is 0 Å². The minimum absolute atomic E-state index is 1.06. The summed E-state index contributed by atoms with van der Waals surface area (Å²) in [5, 5.41) is 0. The molecule has 0 N–H and O–H groups in total. The highest BCUT2D eigenvalue weighted by atomic mass is 28.2. The fraction of sp³-hybridized carbons (Fsp3) is 1.00. The molecular formula is C5H10Si. The Morgan fingerprint density at radius 3 is 2.67 bits per heavy atom. The van der Waals surface area contributed by atoms with Crippen molar-refractivity contribution in [2.24, 2.45) is 5.92 Å². The van der Waals surface area contributed by atoms with Crippen molar-refractivity contribution in [1.29, 1.82) is 0 Å². The van der Waals surface area contributed by atoms with Gasteiger partial charge in [0.15, 0.2) is 0 Å².